The predicted octanol–water partition coefficient (Wildman–Crippen LogP) is 3.31. The fourth-order valence-electron chi connectivity index (χ4n) is 5.02. The zero-order valence-electron chi connectivity index (χ0n) is 20.9. The van der Waals surface area contributed by atoms with Gasteiger partial charge in [-0.1, -0.05) is 23.4 Å². The summed E-state index contributed by atoms with van der Waals surface area (Å²) in [6, 6.07) is 16.0. The van der Waals surface area contributed by atoms with Crippen molar-refractivity contribution in [2.75, 3.05) is 58.4 Å². The second-order valence-electron chi connectivity index (χ2n) is 9.28. The first-order chi connectivity index (χ1) is 17.6. The van der Waals surface area contributed by atoms with Gasteiger partial charge < -0.3 is 23.8 Å². The molecular formula is C27H33N5O4. The average molecular weight is 492 g/mol. The maximum atomic E-state index is 13.1. The number of aromatic nitrogens is 2. The van der Waals surface area contributed by atoms with Gasteiger partial charge in [0, 0.05) is 43.3 Å². The zero-order valence-corrected chi connectivity index (χ0v) is 20.9. The molecule has 9 nitrogen and oxygen atoms in total. The summed E-state index contributed by atoms with van der Waals surface area (Å²) in [6.07, 6.45) is 1.71. The van der Waals surface area contributed by atoms with Crippen LogP contribution in [-0.4, -0.2) is 79.3 Å². The molecule has 2 aromatic carbocycles. The number of nitrogens with zero attached hydrogens (tertiary/aromatic N) is 5. The molecule has 0 aliphatic carbocycles. The fourth-order valence-corrected chi connectivity index (χ4v) is 5.02. The molecule has 0 N–H and O–H groups in total. The number of piperazine rings is 1. The van der Waals surface area contributed by atoms with Gasteiger partial charge in [0.15, 0.2) is 11.5 Å². The van der Waals surface area contributed by atoms with Crippen LogP contribution in [-0.2, 0) is 11.3 Å². The molecule has 5 rings (SSSR count). The summed E-state index contributed by atoms with van der Waals surface area (Å²) in [7, 11) is 3.20. The van der Waals surface area contributed by atoms with Crippen LogP contribution in [0, 0.1) is 5.92 Å². The second-order valence-corrected chi connectivity index (χ2v) is 9.28. The second kappa shape index (κ2) is 11.0. The van der Waals surface area contributed by atoms with Crippen molar-refractivity contribution in [3.8, 4) is 22.9 Å². The lowest BCUT2D eigenvalue weighted by Gasteiger charge is -2.39. The monoisotopic (exact) mass is 491 g/mol. The van der Waals surface area contributed by atoms with Gasteiger partial charge in [-0.2, -0.15) is 4.98 Å². The average Bonchev–Trinajstić information content (AvgIpc) is 3.41. The quantitative estimate of drug-likeness (QED) is 0.498. The summed E-state index contributed by atoms with van der Waals surface area (Å²) < 4.78 is 16.2. The van der Waals surface area contributed by atoms with E-state index >= 15 is 0 Å². The molecule has 3 heterocycles. The van der Waals surface area contributed by atoms with Crippen LogP contribution in [0.15, 0.2) is 53.1 Å². The highest BCUT2D eigenvalue weighted by molar-refractivity contribution is 5.79. The van der Waals surface area contributed by atoms with Crippen LogP contribution in [0.4, 0.5) is 5.69 Å². The van der Waals surface area contributed by atoms with Gasteiger partial charge in [-0.25, -0.2) is 0 Å². The third-order valence-electron chi connectivity index (χ3n) is 7.12. The largest absolute Gasteiger partial charge is 0.493 e. The number of hydrogen-bond acceptors (Lipinski definition) is 8. The van der Waals surface area contributed by atoms with Crippen LogP contribution in [0.25, 0.3) is 11.4 Å². The number of rotatable bonds is 7. The van der Waals surface area contributed by atoms with Gasteiger partial charge in [0.1, 0.15) is 0 Å². The summed E-state index contributed by atoms with van der Waals surface area (Å²) in [5.74, 6) is 2.76. The molecule has 9 heteroatoms. The van der Waals surface area contributed by atoms with Crippen molar-refractivity contribution in [3.63, 3.8) is 0 Å². The highest BCUT2D eigenvalue weighted by Gasteiger charge is 2.31. The van der Waals surface area contributed by atoms with Crippen LogP contribution in [0.2, 0.25) is 0 Å². The maximum Gasteiger partial charge on any atom is 0.241 e. The van der Waals surface area contributed by atoms with Crippen LogP contribution in [0.1, 0.15) is 18.7 Å². The van der Waals surface area contributed by atoms with Crippen LogP contribution < -0.4 is 14.4 Å². The number of methoxy groups -OCH3 is 2. The molecule has 0 bridgehead atoms. The van der Waals surface area contributed by atoms with Crippen LogP contribution in [0.3, 0.4) is 0 Å². The number of hydrogen-bond donors (Lipinski definition) is 0. The highest BCUT2D eigenvalue weighted by Crippen LogP contribution is 2.31. The summed E-state index contributed by atoms with van der Waals surface area (Å²) in [6.45, 7) is 5.60. The molecule has 2 aliphatic rings. The van der Waals surface area contributed by atoms with Crippen LogP contribution >= 0.6 is 0 Å². The Balaban J connectivity index is 1.10. The Morgan fingerprint density at radius 1 is 0.944 bits per heavy atom. The first-order valence-corrected chi connectivity index (χ1v) is 12.5. The third kappa shape index (κ3) is 5.31. The minimum absolute atomic E-state index is 0.0922. The number of amides is 1. The van der Waals surface area contributed by atoms with Crippen molar-refractivity contribution in [1.82, 2.24) is 19.9 Å². The molecule has 190 valence electrons. The number of benzene rings is 2. The molecule has 3 aromatic rings. The van der Waals surface area contributed by atoms with Crippen molar-refractivity contribution in [3.05, 3.63) is 54.4 Å². The van der Waals surface area contributed by atoms with E-state index in [1.54, 1.807) is 14.2 Å². The number of likely N-dealkylation sites (tertiary alicyclic amines) is 1. The minimum Gasteiger partial charge on any atom is -0.493 e. The normalized spacial score (nSPS) is 17.3. The molecule has 0 radical (unpaired) electrons. The lowest BCUT2D eigenvalue weighted by atomic mass is 9.95. The van der Waals surface area contributed by atoms with Crippen molar-refractivity contribution in [1.29, 1.82) is 0 Å². The molecule has 36 heavy (non-hydrogen) atoms. The Bertz CT molecular complexity index is 1150. The number of carbonyl (C=O) groups is 1. The molecule has 0 atom stereocenters. The fraction of sp³-hybridized carbons (Fsp3) is 0.444. The van der Waals surface area contributed by atoms with E-state index in [0.29, 0.717) is 35.7 Å². The van der Waals surface area contributed by atoms with Gasteiger partial charge in [0.2, 0.25) is 17.6 Å². The first-order valence-electron chi connectivity index (χ1n) is 12.5. The van der Waals surface area contributed by atoms with E-state index in [2.05, 4.69) is 44.2 Å². The number of para-hydroxylation sites is 1. The molecule has 2 aliphatic heterocycles. The number of carbonyl (C=O) groups excluding carboxylic acids is 1. The Hall–Kier alpha value is -3.59. The van der Waals surface area contributed by atoms with E-state index in [9.17, 15) is 4.79 Å². The van der Waals surface area contributed by atoms with Gasteiger partial charge >= 0.3 is 0 Å². The van der Waals surface area contributed by atoms with Gasteiger partial charge in [-0.15, -0.1) is 0 Å². The Morgan fingerprint density at radius 3 is 2.36 bits per heavy atom. The van der Waals surface area contributed by atoms with Gasteiger partial charge in [-0.3, -0.25) is 9.69 Å². The Kier molecular flexibility index (Phi) is 7.36. The number of ether oxygens (including phenoxy) is 2. The van der Waals surface area contributed by atoms with Gasteiger partial charge in [-0.05, 0) is 56.3 Å². The summed E-state index contributed by atoms with van der Waals surface area (Å²) in [4.78, 5) is 24.4. The molecule has 0 saturated carbocycles. The smallest absolute Gasteiger partial charge is 0.241 e. The molecule has 2 saturated heterocycles. The lowest BCUT2D eigenvalue weighted by molar-refractivity contribution is -0.137. The molecular weight excluding hydrogens is 458 g/mol. The van der Waals surface area contributed by atoms with Crippen molar-refractivity contribution in [2.45, 2.75) is 19.4 Å². The molecule has 0 unspecified atom stereocenters. The molecule has 0 spiro atoms. The number of piperidine rings is 1. The van der Waals surface area contributed by atoms with E-state index in [4.69, 9.17) is 14.0 Å². The molecule has 1 aromatic heterocycles. The van der Waals surface area contributed by atoms with E-state index < -0.39 is 0 Å². The highest BCUT2D eigenvalue weighted by atomic mass is 16.5. The third-order valence-corrected chi connectivity index (χ3v) is 7.12. The summed E-state index contributed by atoms with van der Waals surface area (Å²) in [5, 5.41) is 4.14. The standard InChI is InChI=1S/C27H33N5O4/c1-34-23-9-8-21(18-24(23)35-2)26-28-25(36-29-26)19-30-12-10-20(11-13-30)27(33)32-16-14-31(15-17-32)22-6-4-3-5-7-22/h3-9,18,20H,10-17,19H2,1-2H3. The Labute approximate surface area is 211 Å². The number of anilines is 1. The van der Waals surface area contributed by atoms with E-state index in [1.807, 2.05) is 29.2 Å². The minimum atomic E-state index is 0.0922. The zero-order chi connectivity index (χ0) is 24.9. The topological polar surface area (TPSA) is 84.2 Å². The van der Waals surface area contributed by atoms with Crippen molar-refractivity contribution >= 4 is 11.6 Å². The molecule has 1 amide bonds. The summed E-state index contributed by atoms with van der Waals surface area (Å²) in [5.41, 5.74) is 2.03. The van der Waals surface area contributed by atoms with Crippen LogP contribution in [0.5, 0.6) is 11.5 Å². The van der Waals surface area contributed by atoms with Gasteiger partial charge in [0.25, 0.3) is 0 Å². The first kappa shape index (κ1) is 24.1. The van der Waals surface area contributed by atoms with E-state index in [-0.39, 0.29) is 5.92 Å². The maximum absolute atomic E-state index is 13.1. The molecule has 2 fully saturated rings. The van der Waals surface area contributed by atoms with Crippen molar-refractivity contribution in [2.24, 2.45) is 5.92 Å². The van der Waals surface area contributed by atoms with E-state index in [1.165, 1.54) is 5.69 Å². The SMILES string of the molecule is COc1ccc(-c2noc(CN3CCC(C(=O)N4CCN(c5ccccc5)CC4)CC3)n2)cc1OC. The lowest BCUT2D eigenvalue weighted by Crippen LogP contribution is -2.51. The Morgan fingerprint density at radius 2 is 1.67 bits per heavy atom. The summed E-state index contributed by atoms with van der Waals surface area (Å²) >= 11 is 0. The predicted molar refractivity (Wildman–Crippen MR) is 136 cm³/mol. The van der Waals surface area contributed by atoms with Crippen molar-refractivity contribution < 1.29 is 18.8 Å². The van der Waals surface area contributed by atoms with Gasteiger partial charge in [0.05, 0.1) is 20.8 Å². The van der Waals surface area contributed by atoms with E-state index in [0.717, 1.165) is 57.7 Å².